The molecule has 0 radical (unpaired) electrons. The van der Waals surface area contributed by atoms with Crippen LogP contribution in [0.15, 0.2) is 54.7 Å². The van der Waals surface area contributed by atoms with Crippen LogP contribution in [0.1, 0.15) is 5.56 Å². The van der Waals surface area contributed by atoms with Crippen LogP contribution >= 0.6 is 0 Å². The summed E-state index contributed by atoms with van der Waals surface area (Å²) >= 11 is 0. The lowest BCUT2D eigenvalue weighted by atomic mass is 10.2. The number of hydrogen-bond donors (Lipinski definition) is 2. The van der Waals surface area contributed by atoms with Gasteiger partial charge in [-0.3, -0.25) is 0 Å². The third-order valence-corrected chi connectivity index (χ3v) is 3.32. The minimum Gasteiger partial charge on any atom is -0.495 e. The van der Waals surface area contributed by atoms with Gasteiger partial charge in [-0.15, -0.1) is 5.10 Å². The van der Waals surface area contributed by atoms with Gasteiger partial charge in [0.2, 0.25) is 5.95 Å². The smallest absolute Gasteiger partial charge is 0.249 e. The number of nitrogens with one attached hydrogen (secondary N) is 2. The van der Waals surface area contributed by atoms with Crippen LogP contribution in [0, 0.1) is 6.92 Å². The highest BCUT2D eigenvalue weighted by molar-refractivity contribution is 5.65. The Labute approximate surface area is 134 Å². The number of aromatic nitrogens is 3. The average Bonchev–Trinajstić information content (AvgIpc) is 2.58. The maximum absolute atomic E-state index is 5.32. The van der Waals surface area contributed by atoms with E-state index in [1.807, 2.05) is 55.5 Å². The number of anilines is 4. The summed E-state index contributed by atoms with van der Waals surface area (Å²) in [7, 11) is 1.63. The predicted octanol–water partition coefficient (Wildman–Crippen LogP) is 3.68. The molecule has 6 nitrogen and oxygen atoms in total. The Morgan fingerprint density at radius 1 is 0.913 bits per heavy atom. The Balaban J connectivity index is 1.81. The van der Waals surface area contributed by atoms with Crippen molar-refractivity contribution in [1.82, 2.24) is 15.2 Å². The lowest BCUT2D eigenvalue weighted by Gasteiger charge is -2.11. The molecule has 0 unspecified atom stereocenters. The molecule has 0 aliphatic heterocycles. The molecule has 1 aromatic heterocycles. The fourth-order valence-electron chi connectivity index (χ4n) is 2.14. The van der Waals surface area contributed by atoms with E-state index in [4.69, 9.17) is 4.74 Å². The van der Waals surface area contributed by atoms with Crippen molar-refractivity contribution in [1.29, 1.82) is 0 Å². The van der Waals surface area contributed by atoms with E-state index in [-0.39, 0.29) is 0 Å². The SMILES string of the molecule is COc1ccccc1Nc1cnnc(Nc2ccccc2C)n1. The highest BCUT2D eigenvalue weighted by atomic mass is 16.5. The first-order valence-electron chi connectivity index (χ1n) is 7.18. The molecule has 0 saturated carbocycles. The molecule has 0 saturated heterocycles. The molecule has 0 amide bonds. The Bertz CT molecular complexity index is 806. The summed E-state index contributed by atoms with van der Waals surface area (Å²) in [4.78, 5) is 4.43. The minimum atomic E-state index is 0.430. The summed E-state index contributed by atoms with van der Waals surface area (Å²) < 4.78 is 5.32. The summed E-state index contributed by atoms with van der Waals surface area (Å²) in [6, 6.07) is 15.6. The lowest BCUT2D eigenvalue weighted by Crippen LogP contribution is -2.03. The van der Waals surface area contributed by atoms with E-state index in [9.17, 15) is 0 Å². The molecule has 2 aromatic carbocycles. The van der Waals surface area contributed by atoms with Crippen LogP contribution < -0.4 is 15.4 Å². The number of nitrogens with zero attached hydrogens (tertiary/aromatic N) is 3. The number of aryl methyl sites for hydroxylation is 1. The zero-order chi connectivity index (χ0) is 16.1. The highest BCUT2D eigenvalue weighted by Crippen LogP contribution is 2.26. The van der Waals surface area contributed by atoms with E-state index in [2.05, 4.69) is 25.8 Å². The third kappa shape index (κ3) is 3.55. The molecule has 3 aromatic rings. The summed E-state index contributed by atoms with van der Waals surface area (Å²) in [5.41, 5.74) is 2.88. The van der Waals surface area contributed by atoms with Crippen LogP contribution in [0.3, 0.4) is 0 Å². The molecule has 116 valence electrons. The van der Waals surface area contributed by atoms with Crippen molar-refractivity contribution < 1.29 is 4.74 Å². The van der Waals surface area contributed by atoms with Gasteiger partial charge in [0.1, 0.15) is 5.75 Å². The number of para-hydroxylation sites is 3. The Hall–Kier alpha value is -3.15. The van der Waals surface area contributed by atoms with Crippen molar-refractivity contribution in [2.75, 3.05) is 17.7 Å². The summed E-state index contributed by atoms with van der Waals surface area (Å²) in [6.07, 6.45) is 1.56. The number of benzene rings is 2. The van der Waals surface area contributed by atoms with Crippen LogP contribution in [-0.4, -0.2) is 22.3 Å². The first-order chi connectivity index (χ1) is 11.3. The van der Waals surface area contributed by atoms with Gasteiger partial charge in [-0.25, -0.2) is 0 Å². The maximum Gasteiger partial charge on any atom is 0.249 e. The van der Waals surface area contributed by atoms with E-state index in [1.165, 1.54) is 0 Å². The molecule has 3 rings (SSSR count). The Morgan fingerprint density at radius 2 is 1.65 bits per heavy atom. The number of rotatable bonds is 5. The zero-order valence-corrected chi connectivity index (χ0v) is 12.9. The molecule has 1 heterocycles. The molecular formula is C17H17N5O. The molecule has 0 spiro atoms. The fourth-order valence-corrected chi connectivity index (χ4v) is 2.14. The molecule has 0 aliphatic carbocycles. The van der Waals surface area contributed by atoms with E-state index in [1.54, 1.807) is 13.3 Å². The van der Waals surface area contributed by atoms with Crippen LogP contribution in [0.2, 0.25) is 0 Å². The van der Waals surface area contributed by atoms with Gasteiger partial charge in [-0.1, -0.05) is 30.3 Å². The largest absolute Gasteiger partial charge is 0.495 e. The van der Waals surface area contributed by atoms with Crippen LogP contribution in [0.25, 0.3) is 0 Å². The molecule has 0 bridgehead atoms. The number of ether oxygens (including phenoxy) is 1. The number of hydrogen-bond acceptors (Lipinski definition) is 6. The monoisotopic (exact) mass is 307 g/mol. The summed E-state index contributed by atoms with van der Waals surface area (Å²) in [6.45, 7) is 2.02. The first kappa shape index (κ1) is 14.8. The van der Waals surface area contributed by atoms with Gasteiger partial charge in [-0.2, -0.15) is 10.1 Å². The second-order valence-electron chi connectivity index (χ2n) is 4.93. The van der Waals surface area contributed by atoms with Crippen molar-refractivity contribution in [3.63, 3.8) is 0 Å². The predicted molar refractivity (Wildman–Crippen MR) is 90.6 cm³/mol. The normalized spacial score (nSPS) is 10.2. The van der Waals surface area contributed by atoms with Crippen LogP contribution in [0.4, 0.5) is 23.1 Å². The Morgan fingerprint density at radius 3 is 2.43 bits per heavy atom. The van der Waals surface area contributed by atoms with Gasteiger partial charge < -0.3 is 15.4 Å². The quantitative estimate of drug-likeness (QED) is 0.749. The Kier molecular flexibility index (Phi) is 4.33. The molecule has 23 heavy (non-hydrogen) atoms. The van der Waals surface area contributed by atoms with E-state index >= 15 is 0 Å². The number of methoxy groups -OCH3 is 1. The molecule has 6 heteroatoms. The van der Waals surface area contributed by atoms with E-state index < -0.39 is 0 Å². The molecule has 0 aliphatic rings. The van der Waals surface area contributed by atoms with Crippen molar-refractivity contribution in [2.45, 2.75) is 6.92 Å². The lowest BCUT2D eigenvalue weighted by molar-refractivity contribution is 0.417. The highest BCUT2D eigenvalue weighted by Gasteiger charge is 2.06. The van der Waals surface area contributed by atoms with E-state index in [0.717, 1.165) is 22.7 Å². The van der Waals surface area contributed by atoms with Crippen molar-refractivity contribution >= 4 is 23.1 Å². The van der Waals surface area contributed by atoms with Crippen molar-refractivity contribution in [3.8, 4) is 5.75 Å². The molecule has 2 N–H and O–H groups in total. The van der Waals surface area contributed by atoms with Crippen LogP contribution in [0.5, 0.6) is 5.75 Å². The molecular weight excluding hydrogens is 290 g/mol. The average molecular weight is 307 g/mol. The van der Waals surface area contributed by atoms with Gasteiger partial charge in [-0.05, 0) is 30.7 Å². The van der Waals surface area contributed by atoms with Crippen LogP contribution in [-0.2, 0) is 0 Å². The molecule has 0 fully saturated rings. The minimum absolute atomic E-state index is 0.430. The van der Waals surface area contributed by atoms with E-state index in [0.29, 0.717) is 11.8 Å². The second-order valence-corrected chi connectivity index (χ2v) is 4.93. The topological polar surface area (TPSA) is 72.0 Å². The van der Waals surface area contributed by atoms with Gasteiger partial charge in [0, 0.05) is 5.69 Å². The second kappa shape index (κ2) is 6.74. The third-order valence-electron chi connectivity index (χ3n) is 3.32. The standard InChI is InChI=1S/C17H17N5O/c1-12-7-3-4-8-13(12)20-17-21-16(11-18-22-17)19-14-9-5-6-10-15(14)23-2/h3-11H,1-2H3,(H2,19,20,21,22). The first-order valence-corrected chi connectivity index (χ1v) is 7.18. The van der Waals surface area contributed by atoms with Gasteiger partial charge in [0.15, 0.2) is 5.82 Å². The summed E-state index contributed by atoms with van der Waals surface area (Å²) in [5, 5.41) is 14.4. The van der Waals surface area contributed by atoms with Gasteiger partial charge in [0.25, 0.3) is 0 Å². The molecule has 0 atom stereocenters. The maximum atomic E-state index is 5.32. The van der Waals surface area contributed by atoms with Gasteiger partial charge in [0.05, 0.1) is 19.0 Å². The fraction of sp³-hybridized carbons (Fsp3) is 0.118. The van der Waals surface area contributed by atoms with Crippen molar-refractivity contribution in [2.24, 2.45) is 0 Å². The van der Waals surface area contributed by atoms with Crippen molar-refractivity contribution in [3.05, 3.63) is 60.3 Å². The van der Waals surface area contributed by atoms with Gasteiger partial charge >= 0.3 is 0 Å². The zero-order valence-electron chi connectivity index (χ0n) is 12.9. The summed E-state index contributed by atoms with van der Waals surface area (Å²) in [5.74, 6) is 1.75.